The van der Waals surface area contributed by atoms with Crippen LogP contribution in [0.15, 0.2) is 97.6 Å². The minimum Gasteiger partial charge on any atom is -1.00 e. The number of carbonyl (C=O) groups is 1. The smallest absolute Gasteiger partial charge is 0.416 e. The Hall–Kier alpha value is -5.25. The fraction of sp³-hybridized carbons (Fsp3) is 0.308. The number of ether oxygens (including phenoxy) is 2. The molecule has 6 rings (SSSR count). The number of nitrogens with zero attached hydrogens (tertiary/aromatic N) is 5. The summed E-state index contributed by atoms with van der Waals surface area (Å²) >= 11 is 0. The molecule has 0 unspecified atom stereocenters. The van der Waals surface area contributed by atoms with Gasteiger partial charge in [0.15, 0.2) is 18.9 Å². The van der Waals surface area contributed by atoms with Crippen molar-refractivity contribution in [2.75, 3.05) is 23.9 Å². The van der Waals surface area contributed by atoms with E-state index in [9.17, 15) is 31.1 Å². The number of benzene rings is 2. The Kier molecular flexibility index (Phi) is 12.4. The first-order valence-electron chi connectivity index (χ1n) is 17.2. The Bertz CT molecular complexity index is 2070. The quantitative estimate of drug-likeness (QED) is 0.144. The van der Waals surface area contributed by atoms with Crippen molar-refractivity contribution < 1.29 is 62.2 Å². The lowest BCUT2D eigenvalue weighted by molar-refractivity contribution is -0.687. The monoisotopic (exact) mass is 830 g/mol. The number of methoxy groups -OCH3 is 1. The van der Waals surface area contributed by atoms with E-state index in [0.717, 1.165) is 11.1 Å². The van der Waals surface area contributed by atoms with Crippen molar-refractivity contribution in [3.8, 4) is 17.0 Å². The van der Waals surface area contributed by atoms with Crippen LogP contribution < -0.4 is 36.5 Å². The Morgan fingerprint density at radius 2 is 1.58 bits per heavy atom. The molecule has 55 heavy (non-hydrogen) atoms. The Balaban J connectivity index is 0.00000580. The predicted octanol–water partition coefficient (Wildman–Crippen LogP) is 5.62. The van der Waals surface area contributed by atoms with Crippen LogP contribution in [0.3, 0.4) is 0 Å². The lowest BCUT2D eigenvalue weighted by Gasteiger charge is -2.46. The topological polar surface area (TPSA) is 93.3 Å². The van der Waals surface area contributed by atoms with Crippen molar-refractivity contribution in [2.24, 2.45) is 0 Å². The number of hydrogen-bond donors (Lipinski definition) is 1. The van der Waals surface area contributed by atoms with Crippen LogP contribution in [0.5, 0.6) is 5.88 Å². The van der Waals surface area contributed by atoms with Gasteiger partial charge in [-0.2, -0.15) is 26.3 Å². The van der Waals surface area contributed by atoms with Crippen LogP contribution >= 0.6 is 0 Å². The van der Waals surface area contributed by atoms with E-state index in [1.165, 1.54) is 18.1 Å². The zero-order valence-electron chi connectivity index (χ0n) is 30.0. The average Bonchev–Trinajstić information content (AvgIpc) is 3.14. The highest BCUT2D eigenvalue weighted by atomic mass is 79.9. The first-order chi connectivity index (χ1) is 25.7. The summed E-state index contributed by atoms with van der Waals surface area (Å²) in [4.78, 5) is 28.5. The maximum Gasteiger partial charge on any atom is 0.416 e. The summed E-state index contributed by atoms with van der Waals surface area (Å²) in [7, 11) is 1.36. The van der Waals surface area contributed by atoms with Gasteiger partial charge in [-0.15, -0.1) is 0 Å². The van der Waals surface area contributed by atoms with E-state index in [1.807, 2.05) is 66.3 Å². The number of alkyl halides is 6. The van der Waals surface area contributed by atoms with Gasteiger partial charge in [0.25, 0.3) is 0 Å². The number of amides is 1. The number of fused-ring (bicyclic) bond motifs is 1. The summed E-state index contributed by atoms with van der Waals surface area (Å²) in [6.45, 7) is 4.14. The zero-order valence-corrected chi connectivity index (χ0v) is 31.5. The first kappa shape index (κ1) is 40.9. The van der Waals surface area contributed by atoms with E-state index < -0.39 is 47.6 Å². The standard InChI is InChI=1S/C39H37F6N6O3.BrH/c1-4-31-20-37(19-26-16-29(38(40,41)42)18-30(17-26)39(43,44)45,34-32(13-14-33(48-34)53-3)51(31)36(52)54-5-2)49-35-46-21-28(22-47-35)27-12-9-15-50(24-27)23-25-10-7-6-8-11-25;/h6-18,21-22,24,31H,4-5,19-20,23H2,1-3H3,(H,46,47,49);1H/q+1;/p-1/t31-,37+;/m1./s1. The van der Waals surface area contributed by atoms with E-state index in [4.69, 9.17) is 9.47 Å². The maximum atomic E-state index is 14.0. The lowest BCUT2D eigenvalue weighted by atomic mass is 9.76. The van der Waals surface area contributed by atoms with Crippen molar-refractivity contribution in [3.05, 3.63) is 126 Å². The molecule has 0 fully saturated rings. The SMILES string of the molecule is CCOC(=O)N1c2ccc(OC)nc2[C@@](Cc2cc(C(F)(F)F)cc(C(F)(F)F)c2)(Nc2ncc(-c3ccc[n+](Cc4ccccc4)c3)cn2)C[C@H]1CC.[Br-]. The van der Waals surface area contributed by atoms with E-state index >= 15 is 0 Å². The van der Waals surface area contributed by atoms with Gasteiger partial charge in [0, 0.05) is 53.7 Å². The van der Waals surface area contributed by atoms with Crippen LogP contribution in [0.4, 0.5) is 42.8 Å². The van der Waals surface area contributed by atoms with Gasteiger partial charge in [-0.05, 0) is 55.7 Å². The van der Waals surface area contributed by atoms with Gasteiger partial charge in [0.2, 0.25) is 11.8 Å². The van der Waals surface area contributed by atoms with E-state index in [2.05, 4.69) is 20.3 Å². The fourth-order valence-corrected chi connectivity index (χ4v) is 6.77. The largest absolute Gasteiger partial charge is 1.00 e. The predicted molar refractivity (Wildman–Crippen MR) is 188 cm³/mol. The second-order valence-electron chi connectivity index (χ2n) is 12.9. The van der Waals surface area contributed by atoms with Crippen molar-refractivity contribution in [1.29, 1.82) is 0 Å². The number of aromatic nitrogens is 4. The van der Waals surface area contributed by atoms with Crippen LogP contribution in [0.2, 0.25) is 0 Å². The third-order valence-electron chi connectivity index (χ3n) is 9.21. The van der Waals surface area contributed by atoms with Gasteiger partial charge >= 0.3 is 18.4 Å². The Labute approximate surface area is 324 Å². The number of halogens is 7. The van der Waals surface area contributed by atoms with Crippen LogP contribution in [-0.2, 0) is 35.6 Å². The third-order valence-corrected chi connectivity index (χ3v) is 9.21. The molecular weight excluding hydrogens is 794 g/mol. The van der Waals surface area contributed by atoms with Crippen LogP contribution in [0.25, 0.3) is 11.1 Å². The molecule has 290 valence electrons. The lowest BCUT2D eigenvalue weighted by Crippen LogP contribution is -3.00. The molecule has 1 N–H and O–H groups in total. The van der Waals surface area contributed by atoms with Crippen molar-refractivity contribution in [3.63, 3.8) is 0 Å². The zero-order chi connectivity index (χ0) is 38.7. The Morgan fingerprint density at radius 3 is 2.18 bits per heavy atom. The van der Waals surface area contributed by atoms with E-state index in [1.54, 1.807) is 25.4 Å². The molecule has 2 aromatic carbocycles. The molecule has 16 heteroatoms. The van der Waals surface area contributed by atoms with Crippen LogP contribution in [0.1, 0.15) is 54.6 Å². The molecule has 0 aliphatic carbocycles. The summed E-state index contributed by atoms with van der Waals surface area (Å²) in [5.74, 6) is 0.132. The molecule has 2 atom stereocenters. The molecule has 0 saturated heterocycles. The summed E-state index contributed by atoms with van der Waals surface area (Å²) in [5, 5.41) is 3.26. The van der Waals surface area contributed by atoms with Crippen molar-refractivity contribution >= 4 is 17.7 Å². The molecule has 4 heterocycles. The van der Waals surface area contributed by atoms with E-state index in [-0.39, 0.29) is 64.8 Å². The van der Waals surface area contributed by atoms with Crippen molar-refractivity contribution in [2.45, 2.75) is 63.6 Å². The molecule has 1 amide bonds. The van der Waals surface area contributed by atoms with Gasteiger partial charge in [0.1, 0.15) is 0 Å². The normalized spacial score (nSPS) is 16.8. The second-order valence-corrected chi connectivity index (χ2v) is 12.9. The van der Waals surface area contributed by atoms with Gasteiger partial charge < -0.3 is 31.8 Å². The Morgan fingerprint density at radius 1 is 0.909 bits per heavy atom. The molecule has 0 saturated carbocycles. The van der Waals surface area contributed by atoms with Gasteiger partial charge in [-0.3, -0.25) is 4.90 Å². The number of nitrogens with one attached hydrogen (secondary N) is 1. The van der Waals surface area contributed by atoms with Crippen LogP contribution in [-0.4, -0.2) is 40.8 Å². The van der Waals surface area contributed by atoms with Gasteiger partial charge in [-0.1, -0.05) is 37.3 Å². The summed E-state index contributed by atoms with van der Waals surface area (Å²) in [6.07, 6.45) is -3.89. The fourth-order valence-electron chi connectivity index (χ4n) is 6.77. The number of anilines is 2. The molecular formula is C39H37BrF6N6O3. The first-order valence-corrected chi connectivity index (χ1v) is 17.2. The average molecular weight is 832 g/mol. The summed E-state index contributed by atoms with van der Waals surface area (Å²) in [6, 6.07) is 17.6. The highest BCUT2D eigenvalue weighted by molar-refractivity contribution is 5.90. The maximum absolute atomic E-state index is 14.0. The minimum absolute atomic E-state index is 0. The molecule has 1 aliphatic heterocycles. The minimum atomic E-state index is -5.06. The highest BCUT2D eigenvalue weighted by Gasteiger charge is 2.48. The summed E-state index contributed by atoms with van der Waals surface area (Å²) < 4.78 is 97.0. The third kappa shape index (κ3) is 9.18. The van der Waals surface area contributed by atoms with Gasteiger partial charge in [-0.25, -0.2) is 24.3 Å². The van der Waals surface area contributed by atoms with Gasteiger partial charge in [0.05, 0.1) is 41.8 Å². The molecule has 1 aliphatic rings. The number of carbonyl (C=O) groups excluding carboxylic acids is 1. The second kappa shape index (κ2) is 16.6. The molecule has 3 aromatic heterocycles. The molecule has 9 nitrogen and oxygen atoms in total. The number of pyridine rings is 2. The van der Waals surface area contributed by atoms with E-state index in [0.29, 0.717) is 30.7 Å². The molecule has 0 bridgehead atoms. The van der Waals surface area contributed by atoms with Crippen molar-refractivity contribution in [1.82, 2.24) is 15.0 Å². The molecule has 0 radical (unpaired) electrons. The van der Waals surface area contributed by atoms with Crippen LogP contribution in [0, 0.1) is 0 Å². The number of hydrogen-bond acceptors (Lipinski definition) is 7. The highest BCUT2D eigenvalue weighted by Crippen LogP contribution is 2.47. The molecule has 5 aromatic rings. The number of rotatable bonds is 10. The molecule has 0 spiro atoms. The summed E-state index contributed by atoms with van der Waals surface area (Å²) in [5.41, 5.74) is -1.78.